The largest absolute Gasteiger partial charge is 0.380 e. The molecule has 1 unspecified atom stereocenters. The lowest BCUT2D eigenvalue weighted by molar-refractivity contribution is -0.119. The molecule has 0 fully saturated rings. The molecule has 5 nitrogen and oxygen atoms in total. The molecule has 0 aliphatic carbocycles. The summed E-state index contributed by atoms with van der Waals surface area (Å²) in [6.45, 7) is 12.3. The van der Waals surface area contributed by atoms with Crippen LogP contribution in [0, 0.1) is 17.1 Å². The number of hydrogen-bond acceptors (Lipinski definition) is 4. The number of rotatable bonds is 12. The van der Waals surface area contributed by atoms with Gasteiger partial charge in [0, 0.05) is 26.2 Å². The van der Waals surface area contributed by atoms with Crippen molar-refractivity contribution in [1.82, 2.24) is 10.6 Å². The van der Waals surface area contributed by atoms with Gasteiger partial charge in [0.25, 0.3) is 0 Å². The zero-order chi connectivity index (χ0) is 24.5. The van der Waals surface area contributed by atoms with Crippen LogP contribution in [0.1, 0.15) is 48.0 Å². The number of carbonyl (C=O) groups excluding carboxylic acids is 1. The number of methoxy groups -OCH3 is 1. The first-order valence-corrected chi connectivity index (χ1v) is 10.7. The maximum absolute atomic E-state index is 14.5. The van der Waals surface area contributed by atoms with Crippen LogP contribution in [0.25, 0.3) is 5.70 Å². The van der Waals surface area contributed by atoms with Crippen molar-refractivity contribution in [2.75, 3.05) is 13.7 Å². The summed E-state index contributed by atoms with van der Waals surface area (Å²) in [5.74, 6) is -0.999. The van der Waals surface area contributed by atoms with E-state index < -0.39 is 17.6 Å². The highest BCUT2D eigenvalue weighted by atomic mass is 19.1. The number of carbonyl (C=O) groups is 1. The maximum atomic E-state index is 14.5. The molecule has 7 heteroatoms. The van der Waals surface area contributed by atoms with Crippen LogP contribution in [0.15, 0.2) is 48.2 Å². The van der Waals surface area contributed by atoms with Gasteiger partial charge in [0.05, 0.1) is 23.6 Å². The van der Waals surface area contributed by atoms with Gasteiger partial charge in [-0.2, -0.15) is 0 Å². The van der Waals surface area contributed by atoms with Crippen molar-refractivity contribution in [2.45, 2.75) is 58.9 Å². The topological polar surface area (TPSA) is 74.2 Å². The summed E-state index contributed by atoms with van der Waals surface area (Å²) in [4.78, 5) is 13.0. The Bertz CT molecular complexity index is 893. The summed E-state index contributed by atoms with van der Waals surface area (Å²) in [6.07, 6.45) is 1.09. The van der Waals surface area contributed by atoms with Gasteiger partial charge in [-0.15, -0.1) is 5.73 Å². The predicted molar refractivity (Wildman–Crippen MR) is 128 cm³/mol. The van der Waals surface area contributed by atoms with Crippen LogP contribution in [0.4, 0.5) is 8.78 Å². The van der Waals surface area contributed by atoms with E-state index in [0.29, 0.717) is 16.8 Å². The lowest BCUT2D eigenvalue weighted by Crippen LogP contribution is -2.49. The standard InChI is InChI=1S/C25H35F2N3O2.H2/c1-8-21(18-11-10-12-19(26)13-18)29-15-22(17(5)32-7)30-24(31)20(16(3)4)14-23(28)25(6,27)9-2;/h10-14,16-17,22,28-29H,1,9,15H2,2-7H3,(H,30,31);1H/b20-14+,28-23?;/t17-,22+,25?;/m0./s1. The van der Waals surface area contributed by atoms with Gasteiger partial charge in [0.15, 0.2) is 0 Å². The molecule has 0 saturated carbocycles. The molecular weight excluding hydrogens is 412 g/mol. The van der Waals surface area contributed by atoms with Crippen molar-refractivity contribution in [1.29, 1.82) is 5.41 Å². The molecular formula is C25H37F2N3O2. The monoisotopic (exact) mass is 449 g/mol. The molecule has 0 aromatic heterocycles. The molecule has 0 radical (unpaired) electrons. The van der Waals surface area contributed by atoms with Crippen molar-refractivity contribution in [3.8, 4) is 0 Å². The lowest BCUT2D eigenvalue weighted by atomic mass is 9.93. The Balaban J connectivity index is 0.0000102. The van der Waals surface area contributed by atoms with Crippen molar-refractivity contribution in [3.05, 3.63) is 59.6 Å². The smallest absolute Gasteiger partial charge is 0.247 e. The number of allylic oxidation sites excluding steroid dienone is 1. The van der Waals surface area contributed by atoms with E-state index in [2.05, 4.69) is 22.9 Å². The van der Waals surface area contributed by atoms with Crippen LogP contribution < -0.4 is 10.6 Å². The first-order valence-electron chi connectivity index (χ1n) is 10.7. The minimum absolute atomic E-state index is 0. The van der Waals surface area contributed by atoms with Gasteiger partial charge in [-0.25, -0.2) is 8.78 Å². The van der Waals surface area contributed by atoms with E-state index in [4.69, 9.17) is 10.1 Å². The van der Waals surface area contributed by atoms with Gasteiger partial charge in [0.1, 0.15) is 11.5 Å². The predicted octanol–water partition coefficient (Wildman–Crippen LogP) is 5.05. The molecule has 1 aromatic carbocycles. The van der Waals surface area contributed by atoms with E-state index in [9.17, 15) is 13.6 Å². The van der Waals surface area contributed by atoms with Crippen LogP contribution in [0.2, 0.25) is 0 Å². The molecule has 0 heterocycles. The SMILES string of the molecule is C=C=C(NC[C@@H](NC(=O)/C(=C/C(=N)C(C)(F)CC)C(C)C)[C@H](C)OC)c1cccc(F)c1.[HH]. The summed E-state index contributed by atoms with van der Waals surface area (Å²) in [5.41, 5.74) is 2.08. The normalized spacial score (nSPS) is 15.3. The first-order chi connectivity index (χ1) is 15.0. The Morgan fingerprint density at radius 1 is 1.41 bits per heavy atom. The van der Waals surface area contributed by atoms with Crippen molar-refractivity contribution in [2.24, 2.45) is 5.92 Å². The number of hydrogen-bond donors (Lipinski definition) is 3. The highest BCUT2D eigenvalue weighted by Gasteiger charge is 2.28. The van der Waals surface area contributed by atoms with Gasteiger partial charge in [-0.1, -0.05) is 39.5 Å². The number of benzene rings is 1. The summed E-state index contributed by atoms with van der Waals surface area (Å²) in [5, 5.41) is 14.1. The van der Waals surface area contributed by atoms with E-state index in [0.717, 1.165) is 0 Å². The Morgan fingerprint density at radius 2 is 2.06 bits per heavy atom. The van der Waals surface area contributed by atoms with E-state index in [1.165, 1.54) is 32.2 Å². The Labute approximate surface area is 191 Å². The molecule has 0 spiro atoms. The van der Waals surface area contributed by atoms with Gasteiger partial charge in [-0.3, -0.25) is 4.79 Å². The van der Waals surface area contributed by atoms with Crippen LogP contribution >= 0.6 is 0 Å². The minimum Gasteiger partial charge on any atom is -0.380 e. The van der Waals surface area contributed by atoms with Gasteiger partial charge in [-0.05, 0) is 44.4 Å². The second-order valence-electron chi connectivity index (χ2n) is 8.18. The third-order valence-electron chi connectivity index (χ3n) is 5.45. The van der Waals surface area contributed by atoms with Crippen LogP contribution in [0.5, 0.6) is 0 Å². The second-order valence-corrected chi connectivity index (χ2v) is 8.18. The fourth-order valence-corrected chi connectivity index (χ4v) is 2.86. The highest BCUT2D eigenvalue weighted by Crippen LogP contribution is 2.20. The van der Waals surface area contributed by atoms with E-state index >= 15 is 0 Å². The van der Waals surface area contributed by atoms with Crippen LogP contribution in [0.3, 0.4) is 0 Å². The highest BCUT2D eigenvalue weighted by molar-refractivity contribution is 6.06. The number of halogens is 2. The maximum Gasteiger partial charge on any atom is 0.247 e. The lowest BCUT2D eigenvalue weighted by Gasteiger charge is -2.27. The third-order valence-corrected chi connectivity index (χ3v) is 5.45. The Morgan fingerprint density at radius 3 is 2.56 bits per heavy atom. The van der Waals surface area contributed by atoms with Crippen LogP contribution in [-0.4, -0.2) is 43.1 Å². The molecule has 3 N–H and O–H groups in total. The zero-order valence-electron chi connectivity index (χ0n) is 19.8. The number of nitrogens with one attached hydrogen (secondary N) is 3. The van der Waals surface area contributed by atoms with Gasteiger partial charge in [0.2, 0.25) is 5.91 Å². The number of alkyl halides is 1. The minimum atomic E-state index is -1.81. The number of amides is 1. The molecule has 3 atom stereocenters. The molecule has 178 valence electrons. The molecule has 0 bridgehead atoms. The van der Waals surface area contributed by atoms with Crippen molar-refractivity contribution >= 4 is 17.3 Å². The van der Waals surface area contributed by atoms with Gasteiger partial charge < -0.3 is 20.8 Å². The van der Waals surface area contributed by atoms with Gasteiger partial charge >= 0.3 is 0 Å². The fourth-order valence-electron chi connectivity index (χ4n) is 2.86. The molecule has 0 saturated heterocycles. The van der Waals surface area contributed by atoms with Crippen LogP contribution in [-0.2, 0) is 9.53 Å². The Hall–Kier alpha value is -2.76. The van der Waals surface area contributed by atoms with Crippen molar-refractivity contribution in [3.63, 3.8) is 0 Å². The van der Waals surface area contributed by atoms with E-state index in [1.54, 1.807) is 19.1 Å². The first kappa shape index (κ1) is 27.3. The molecule has 0 aliphatic heterocycles. The average Bonchev–Trinajstić information content (AvgIpc) is 2.75. The second kappa shape index (κ2) is 12.3. The molecule has 1 rings (SSSR count). The summed E-state index contributed by atoms with van der Waals surface area (Å²) in [7, 11) is 1.53. The molecule has 1 amide bonds. The summed E-state index contributed by atoms with van der Waals surface area (Å²) in [6, 6.07) is 5.55. The summed E-state index contributed by atoms with van der Waals surface area (Å²) < 4.78 is 33.5. The molecule has 1 aromatic rings. The summed E-state index contributed by atoms with van der Waals surface area (Å²) >= 11 is 0. The molecule has 32 heavy (non-hydrogen) atoms. The Kier molecular flexibility index (Phi) is 10.5. The van der Waals surface area contributed by atoms with Crippen molar-refractivity contribution < 1.29 is 19.7 Å². The zero-order valence-corrected chi connectivity index (χ0v) is 19.8. The van der Waals surface area contributed by atoms with E-state index in [1.807, 2.05) is 20.8 Å². The third kappa shape index (κ3) is 7.74. The molecule has 0 aliphatic rings. The fraction of sp³-hybridized carbons (Fsp3) is 0.480. The number of ether oxygens (including phenoxy) is 1. The van der Waals surface area contributed by atoms with E-state index in [-0.39, 0.29) is 37.9 Å². The average molecular weight is 450 g/mol. The quantitative estimate of drug-likeness (QED) is 0.238.